The van der Waals surface area contributed by atoms with Crippen LogP contribution in [0.25, 0.3) is 0 Å². The van der Waals surface area contributed by atoms with Crippen molar-refractivity contribution in [1.82, 2.24) is 40.2 Å². The summed E-state index contributed by atoms with van der Waals surface area (Å²) in [4.78, 5) is 140. The Morgan fingerprint density at radius 1 is 0.284 bits per heavy atom. The molecule has 0 radical (unpaired) electrons. The topological polar surface area (TPSA) is 360 Å². The number of carbonyl (C=O) groups is 8. The highest BCUT2D eigenvalue weighted by molar-refractivity contribution is 6.34. The van der Waals surface area contributed by atoms with E-state index in [1.54, 1.807) is 158 Å². The molecule has 34 heteroatoms. The SMILES string of the molecule is O=C(Nc1ccc(Cl)cc1C(=O)Nc1ccc(Cl)cn1)c1ccc(CCC2=NCCC2)cc1.O=C(Nc1ccc(Cl)cc1C(=O)Nc1ccc(Cl)cn1)c1ccc(CCC2=NCCN2)cc1.O=C(Nc1ccc(Cl)cc1C(=O)Nc1ccc(Cl)cn1)c1ccc(CCc2ccccn2)cc1.O=C(Nc1ccc(Cl)cc1C(=O)Nc1ccc(Cl)cn1)c1ccc(CCc2ccncn2)cc1. The minimum absolute atomic E-state index is 0.207. The van der Waals surface area contributed by atoms with Crippen molar-refractivity contribution in [1.29, 1.82) is 0 Å². The number of aryl methyl sites for hydroxylation is 6. The highest BCUT2D eigenvalue weighted by atomic mass is 35.5. The first-order chi connectivity index (χ1) is 64.9. The molecule has 0 aliphatic carbocycles. The molecule has 14 aromatic rings. The van der Waals surface area contributed by atoms with Crippen molar-refractivity contribution in [3.63, 3.8) is 0 Å². The van der Waals surface area contributed by atoms with Crippen molar-refractivity contribution in [2.75, 3.05) is 62.2 Å². The van der Waals surface area contributed by atoms with Gasteiger partial charge in [-0.25, -0.2) is 29.9 Å². The summed E-state index contributed by atoms with van der Waals surface area (Å²) in [5.74, 6) is -0.819. The number of aromatic nitrogens is 7. The molecule has 676 valence electrons. The molecule has 0 spiro atoms. The zero-order valence-corrected chi connectivity index (χ0v) is 77.2. The Balaban J connectivity index is 0.000000152. The molecule has 2 aliphatic heterocycles. The van der Waals surface area contributed by atoms with Crippen LogP contribution in [-0.2, 0) is 38.5 Å². The van der Waals surface area contributed by atoms with Crippen LogP contribution < -0.4 is 47.9 Å². The third kappa shape index (κ3) is 29.9. The van der Waals surface area contributed by atoms with E-state index in [0.29, 0.717) is 108 Å². The van der Waals surface area contributed by atoms with Gasteiger partial charge in [0.2, 0.25) is 0 Å². The molecule has 8 aromatic carbocycles. The molecule has 0 unspecified atom stereocenters. The number of hydrogen-bond acceptors (Lipinski definition) is 18. The van der Waals surface area contributed by atoms with Crippen LogP contribution in [0.2, 0.25) is 40.2 Å². The molecule has 0 atom stereocenters. The average Bonchev–Trinajstić information content (AvgIpc) is 1.11. The number of benzene rings is 8. The van der Waals surface area contributed by atoms with Gasteiger partial charge in [0.15, 0.2) is 0 Å². The quantitative estimate of drug-likeness (QED) is 0.0220. The van der Waals surface area contributed by atoms with Crippen LogP contribution in [-0.4, -0.2) is 113 Å². The first-order valence-corrected chi connectivity index (χ1v) is 44.9. The Kier molecular flexibility index (Phi) is 35.5. The van der Waals surface area contributed by atoms with E-state index in [0.717, 1.165) is 123 Å². The Morgan fingerprint density at radius 2 is 0.612 bits per heavy atom. The van der Waals surface area contributed by atoms with Gasteiger partial charge in [-0.1, -0.05) is 147 Å². The minimum atomic E-state index is -0.465. The van der Waals surface area contributed by atoms with Crippen molar-refractivity contribution in [2.24, 2.45) is 9.98 Å². The molecular weight excluding hydrogens is 1860 g/mol. The van der Waals surface area contributed by atoms with Gasteiger partial charge in [0.1, 0.15) is 29.6 Å². The maximum absolute atomic E-state index is 12.8. The maximum Gasteiger partial charge on any atom is 0.258 e. The molecule has 6 aromatic heterocycles. The van der Waals surface area contributed by atoms with Crippen molar-refractivity contribution in [2.45, 2.75) is 64.2 Å². The molecule has 9 N–H and O–H groups in total. The van der Waals surface area contributed by atoms with Crippen molar-refractivity contribution in [3.8, 4) is 0 Å². The van der Waals surface area contributed by atoms with E-state index in [1.165, 1.54) is 61.1 Å². The van der Waals surface area contributed by atoms with E-state index < -0.39 is 23.6 Å². The summed E-state index contributed by atoms with van der Waals surface area (Å²) in [6.45, 7) is 2.67. The number of amides is 8. The number of halogens is 8. The Bertz CT molecular complexity index is 6170. The zero-order valence-electron chi connectivity index (χ0n) is 71.1. The predicted octanol–water partition coefficient (Wildman–Crippen LogP) is 22.4. The molecule has 0 saturated heterocycles. The van der Waals surface area contributed by atoms with Crippen molar-refractivity contribution >= 4 is 198 Å². The minimum Gasteiger partial charge on any atom is -0.372 e. The van der Waals surface area contributed by atoms with E-state index >= 15 is 0 Å². The van der Waals surface area contributed by atoms with Gasteiger partial charge in [-0.3, -0.25) is 53.3 Å². The maximum atomic E-state index is 12.8. The first-order valence-electron chi connectivity index (χ1n) is 41.9. The third-order valence-corrected chi connectivity index (χ3v) is 22.2. The second-order valence-electron chi connectivity index (χ2n) is 30.0. The summed E-state index contributed by atoms with van der Waals surface area (Å²) in [7, 11) is 0. The molecule has 26 nitrogen and oxygen atoms in total. The molecule has 2 aliphatic rings. The van der Waals surface area contributed by atoms with Crippen LogP contribution in [0.4, 0.5) is 46.0 Å². The fraction of sp³-hybridized carbons (Fsp3) is 0.130. The highest BCUT2D eigenvalue weighted by Gasteiger charge is 2.23. The monoisotopic (exact) mass is 1940 g/mol. The Labute approximate surface area is 811 Å². The van der Waals surface area contributed by atoms with Gasteiger partial charge in [0.05, 0.1) is 77.5 Å². The third-order valence-electron chi connectivity index (χ3n) is 20.4. The number of nitrogens with one attached hydrogen (secondary N) is 9. The summed E-state index contributed by atoms with van der Waals surface area (Å²) < 4.78 is 0. The number of nitrogens with zero attached hydrogens (tertiary/aromatic N) is 9. The largest absolute Gasteiger partial charge is 0.372 e. The van der Waals surface area contributed by atoms with Gasteiger partial charge in [-0.05, 0) is 268 Å². The fourth-order valence-electron chi connectivity index (χ4n) is 13.4. The molecule has 16 rings (SSSR count). The van der Waals surface area contributed by atoms with E-state index in [4.69, 9.17) is 92.8 Å². The molecule has 134 heavy (non-hydrogen) atoms. The van der Waals surface area contributed by atoms with Crippen molar-refractivity contribution in [3.05, 3.63) is 404 Å². The number of hydrogen-bond donors (Lipinski definition) is 9. The normalized spacial score (nSPS) is 11.6. The van der Waals surface area contributed by atoms with E-state index in [-0.39, 0.29) is 45.9 Å². The molecule has 0 saturated carbocycles. The summed E-state index contributed by atoms with van der Waals surface area (Å²) in [6, 6.07) is 68.8. The zero-order chi connectivity index (χ0) is 94.2. The second kappa shape index (κ2) is 48.8. The summed E-state index contributed by atoms with van der Waals surface area (Å²) in [6.07, 6.45) is 19.7. The van der Waals surface area contributed by atoms with E-state index in [2.05, 4.69) is 92.7 Å². The standard InChI is InChI=1S/C26H20Cl2N4O2.C25H19Cl2N5O2.C25H22Cl2N4O2.C24H21Cl2N5O2/c27-19-9-12-23(22(15-19)26(34)32-24-13-10-20(28)16-30-24)31-25(33)18-7-4-17(5-8-18)6-11-21-3-1-2-14-29-21;26-18-6-9-22(21(13-18)25(34)32-23-10-7-19(27)14-29-23)31-24(33)17-4-1-16(2-5-17)3-8-20-11-12-28-15-30-20;26-18-8-11-22(21(14-18)25(33)31-23-12-9-19(27)15-29-23)30-24(32)17-6-3-16(4-7-17)5-10-20-2-1-13-28-20;25-17-6-8-20(19(13-17)24(33)31-22-10-7-18(26)14-29-22)30-23(32)16-4-1-15(2-5-16)3-9-21-27-11-12-28-21/h1-5,7-10,12-16H,6,11H2,(H,31,33)(H,30,32,34);1-2,4-7,9-15H,3,8H2,(H,31,33)(H,29,32,34);3-4,6-9,11-12,14-15H,1-2,5,10,13H2,(H,30,32)(H,29,31,33);1-2,4-8,10,13-14H,3,9,11-12H2,(H,27,28)(H,30,32)(H,29,31,33). The van der Waals surface area contributed by atoms with Crippen LogP contribution in [0.15, 0.2) is 296 Å². The van der Waals surface area contributed by atoms with Gasteiger partial charge < -0.3 is 47.9 Å². The second-order valence-corrected chi connectivity index (χ2v) is 33.4. The number of rotatable bonds is 28. The van der Waals surface area contributed by atoms with Crippen LogP contribution >= 0.6 is 92.8 Å². The summed E-state index contributed by atoms with van der Waals surface area (Å²) >= 11 is 47.7. The molecule has 0 bridgehead atoms. The Hall–Kier alpha value is -14.2. The first kappa shape index (κ1) is 97.3. The smallest absolute Gasteiger partial charge is 0.258 e. The fourth-order valence-corrected chi connectivity index (χ4v) is 14.5. The van der Waals surface area contributed by atoms with Crippen molar-refractivity contribution < 1.29 is 38.4 Å². The molecule has 8 heterocycles. The van der Waals surface area contributed by atoms with Crippen LogP contribution in [0.3, 0.4) is 0 Å². The number of aliphatic imine (C=N–C) groups is 2. The summed E-state index contributed by atoms with van der Waals surface area (Å²) in [5, 5.41) is 28.4. The van der Waals surface area contributed by atoms with E-state index in [1.807, 2.05) is 72.8 Å². The summed E-state index contributed by atoms with van der Waals surface area (Å²) in [5.41, 5.74) is 11.8. The van der Waals surface area contributed by atoms with Crippen LogP contribution in [0, 0.1) is 0 Å². The van der Waals surface area contributed by atoms with Crippen LogP contribution in [0.1, 0.15) is 142 Å². The molecule has 8 amide bonds. The lowest BCUT2D eigenvalue weighted by Gasteiger charge is -2.12. The van der Waals surface area contributed by atoms with Gasteiger partial charge in [0.25, 0.3) is 47.3 Å². The highest BCUT2D eigenvalue weighted by Crippen LogP contribution is 2.30. The number of pyridine rings is 5. The average molecular weight is 1950 g/mol. The predicted molar refractivity (Wildman–Crippen MR) is 532 cm³/mol. The lowest BCUT2D eigenvalue weighted by atomic mass is 10.0. The van der Waals surface area contributed by atoms with Gasteiger partial charge in [-0.15, -0.1) is 0 Å². The van der Waals surface area contributed by atoms with Gasteiger partial charge in [0, 0.05) is 116 Å². The Morgan fingerprint density at radius 3 is 0.896 bits per heavy atom. The number of carbonyl (C=O) groups excluding carboxylic acids is 8. The van der Waals surface area contributed by atoms with Gasteiger partial charge in [-0.2, -0.15) is 0 Å². The lowest BCUT2D eigenvalue weighted by molar-refractivity contribution is 0.101. The van der Waals surface area contributed by atoms with Crippen LogP contribution in [0.5, 0.6) is 0 Å². The number of amidine groups is 1. The lowest BCUT2D eigenvalue weighted by Crippen LogP contribution is -2.19. The van der Waals surface area contributed by atoms with Gasteiger partial charge >= 0.3 is 0 Å². The molecular formula is C100H82Cl8N18O8. The number of anilines is 8. The molecule has 0 fully saturated rings. The van der Waals surface area contributed by atoms with E-state index in [9.17, 15) is 38.4 Å².